The molecule has 1 rings (SSSR count). The van der Waals surface area contributed by atoms with Gasteiger partial charge < -0.3 is 13.3 Å². The van der Waals surface area contributed by atoms with E-state index in [0.29, 0.717) is 5.57 Å². The first-order valence-corrected chi connectivity index (χ1v) is 9.86. The van der Waals surface area contributed by atoms with Crippen LogP contribution in [0.1, 0.15) is 19.4 Å². The first kappa shape index (κ1) is 18.8. The summed E-state index contributed by atoms with van der Waals surface area (Å²) < 4.78 is 41.9. The van der Waals surface area contributed by atoms with Crippen LogP contribution in [0, 0.1) is 6.92 Å². The molecule has 0 unspecified atom stereocenters. The highest BCUT2D eigenvalue weighted by Crippen LogP contribution is 2.28. The molecule has 0 radical (unpaired) electrons. The third-order valence-corrected chi connectivity index (χ3v) is 8.43. The second-order valence-corrected chi connectivity index (χ2v) is 10.0. The van der Waals surface area contributed by atoms with Crippen molar-refractivity contribution in [1.82, 2.24) is 0 Å². The molecule has 0 atom stereocenters. The van der Waals surface area contributed by atoms with Crippen LogP contribution in [0.2, 0.25) is 0 Å². The van der Waals surface area contributed by atoms with Crippen LogP contribution in [0.3, 0.4) is 0 Å². The van der Waals surface area contributed by atoms with Gasteiger partial charge in [-0.05, 0) is 38.5 Å². The summed E-state index contributed by atoms with van der Waals surface area (Å²) in [6.07, 6.45) is 0. The Morgan fingerprint density at radius 2 is 1.45 bits per heavy atom. The van der Waals surface area contributed by atoms with E-state index >= 15 is 0 Å². The SMILES string of the molecule is CO[Si](OC)(OC)C(=C=C(C)C)S(=O)(=O)c1ccc(C)cc1. The Labute approximate surface area is 133 Å². The molecule has 5 nitrogen and oxygen atoms in total. The molecule has 0 spiro atoms. The largest absolute Gasteiger partial charge is 0.556 e. The fourth-order valence-corrected chi connectivity index (χ4v) is 6.85. The van der Waals surface area contributed by atoms with Crippen molar-refractivity contribution in [3.63, 3.8) is 0 Å². The van der Waals surface area contributed by atoms with Crippen molar-refractivity contribution in [2.24, 2.45) is 0 Å². The maximum absolute atomic E-state index is 13.0. The average molecular weight is 342 g/mol. The summed E-state index contributed by atoms with van der Waals surface area (Å²) in [4.78, 5) is 0.157. The quantitative estimate of drug-likeness (QED) is 0.587. The van der Waals surface area contributed by atoms with Crippen molar-refractivity contribution in [3.05, 3.63) is 45.7 Å². The van der Waals surface area contributed by atoms with Gasteiger partial charge in [-0.2, -0.15) is 0 Å². The Balaban J connectivity index is 3.67. The van der Waals surface area contributed by atoms with Crippen molar-refractivity contribution < 1.29 is 21.7 Å². The summed E-state index contributed by atoms with van der Waals surface area (Å²) in [5.74, 6) is 0. The number of rotatable bonds is 6. The lowest BCUT2D eigenvalue weighted by atomic mass is 10.2. The van der Waals surface area contributed by atoms with Crippen LogP contribution in [0.4, 0.5) is 0 Å². The van der Waals surface area contributed by atoms with E-state index in [1.165, 1.54) is 21.3 Å². The van der Waals surface area contributed by atoms with E-state index in [0.717, 1.165) is 5.56 Å². The number of aryl methyl sites for hydroxylation is 1. The highest BCUT2D eigenvalue weighted by molar-refractivity contribution is 7.97. The molecule has 0 aliphatic heterocycles. The fourth-order valence-electron chi connectivity index (χ4n) is 1.90. The Bertz CT molecular complexity index is 669. The van der Waals surface area contributed by atoms with Gasteiger partial charge in [-0.3, -0.25) is 0 Å². The fraction of sp³-hybridized carbons (Fsp3) is 0.400. The summed E-state index contributed by atoms with van der Waals surface area (Å²) in [7, 11) is -3.27. The van der Waals surface area contributed by atoms with Crippen LogP contribution in [0.15, 0.2) is 45.0 Å². The first-order chi connectivity index (χ1) is 10.2. The van der Waals surface area contributed by atoms with Gasteiger partial charge in [0.15, 0.2) is 4.53 Å². The zero-order valence-corrected chi connectivity index (χ0v) is 15.6. The van der Waals surface area contributed by atoms with Gasteiger partial charge in [0.05, 0.1) is 4.90 Å². The molecule has 0 saturated carbocycles. The van der Waals surface area contributed by atoms with Gasteiger partial charge in [0, 0.05) is 21.3 Å². The predicted molar refractivity (Wildman–Crippen MR) is 87.0 cm³/mol. The van der Waals surface area contributed by atoms with E-state index in [-0.39, 0.29) is 9.42 Å². The van der Waals surface area contributed by atoms with Crippen molar-refractivity contribution in [2.45, 2.75) is 25.7 Å². The van der Waals surface area contributed by atoms with Gasteiger partial charge >= 0.3 is 8.80 Å². The molecule has 22 heavy (non-hydrogen) atoms. The highest BCUT2D eigenvalue weighted by Gasteiger charge is 2.50. The topological polar surface area (TPSA) is 61.8 Å². The smallest absolute Gasteiger partial charge is 0.373 e. The summed E-state index contributed by atoms with van der Waals surface area (Å²) in [5, 5.41) is 0. The van der Waals surface area contributed by atoms with E-state index in [9.17, 15) is 8.42 Å². The van der Waals surface area contributed by atoms with Crippen molar-refractivity contribution >= 4 is 18.6 Å². The number of hydrogen-bond donors (Lipinski definition) is 0. The van der Waals surface area contributed by atoms with Crippen LogP contribution in [-0.4, -0.2) is 38.6 Å². The molecule has 0 aromatic heterocycles. The molecule has 0 bridgehead atoms. The molecule has 0 fully saturated rings. The average Bonchev–Trinajstić information content (AvgIpc) is 2.48. The number of allylic oxidation sites excluding steroid dienone is 1. The zero-order valence-electron chi connectivity index (χ0n) is 13.8. The van der Waals surface area contributed by atoms with Crippen LogP contribution in [0.5, 0.6) is 0 Å². The summed E-state index contributed by atoms with van der Waals surface area (Å²) in [6.45, 7) is 5.40. The van der Waals surface area contributed by atoms with Gasteiger partial charge in [-0.15, -0.1) is 5.73 Å². The van der Waals surface area contributed by atoms with Gasteiger partial charge in [0.25, 0.3) is 0 Å². The first-order valence-electron chi connectivity index (χ1n) is 6.65. The number of sulfone groups is 1. The van der Waals surface area contributed by atoms with Crippen LogP contribution in [0.25, 0.3) is 0 Å². The molecule has 0 aliphatic rings. The van der Waals surface area contributed by atoms with Gasteiger partial charge in [-0.25, -0.2) is 8.42 Å². The van der Waals surface area contributed by atoms with Gasteiger partial charge in [0.1, 0.15) is 0 Å². The molecule has 122 valence electrons. The van der Waals surface area contributed by atoms with Gasteiger partial charge in [-0.1, -0.05) is 17.7 Å². The minimum absolute atomic E-state index is 0.0867. The lowest BCUT2D eigenvalue weighted by Gasteiger charge is -2.25. The van der Waals surface area contributed by atoms with E-state index in [4.69, 9.17) is 13.3 Å². The normalized spacial score (nSPS) is 11.9. The van der Waals surface area contributed by atoms with Crippen LogP contribution < -0.4 is 0 Å². The maximum atomic E-state index is 13.0. The molecular weight excluding hydrogens is 320 g/mol. The van der Waals surface area contributed by atoms with E-state index in [1.54, 1.807) is 38.1 Å². The van der Waals surface area contributed by atoms with Crippen LogP contribution >= 0.6 is 0 Å². The number of hydrogen-bond acceptors (Lipinski definition) is 5. The van der Waals surface area contributed by atoms with Crippen molar-refractivity contribution in [3.8, 4) is 0 Å². The van der Waals surface area contributed by atoms with Crippen molar-refractivity contribution in [2.75, 3.05) is 21.3 Å². The zero-order chi connectivity index (χ0) is 17.0. The Morgan fingerprint density at radius 1 is 1.00 bits per heavy atom. The maximum Gasteiger partial charge on any atom is 0.556 e. The van der Waals surface area contributed by atoms with Crippen molar-refractivity contribution in [1.29, 1.82) is 0 Å². The molecule has 0 aliphatic carbocycles. The monoisotopic (exact) mass is 342 g/mol. The predicted octanol–water partition coefficient (Wildman–Crippen LogP) is 2.64. The van der Waals surface area contributed by atoms with E-state index in [1.807, 2.05) is 6.92 Å². The second kappa shape index (κ2) is 7.37. The molecule has 0 heterocycles. The molecule has 0 amide bonds. The third-order valence-electron chi connectivity index (χ3n) is 3.05. The summed E-state index contributed by atoms with van der Waals surface area (Å²) in [5.41, 5.74) is 4.52. The Kier molecular flexibility index (Phi) is 6.31. The summed E-state index contributed by atoms with van der Waals surface area (Å²) >= 11 is 0. The third kappa shape index (κ3) is 3.75. The molecule has 0 saturated heterocycles. The van der Waals surface area contributed by atoms with E-state index < -0.39 is 18.6 Å². The molecule has 0 N–H and O–H groups in total. The highest BCUT2D eigenvalue weighted by atomic mass is 32.2. The number of benzene rings is 1. The molecule has 1 aromatic rings. The lowest BCUT2D eigenvalue weighted by Crippen LogP contribution is -2.47. The minimum atomic E-state index is -3.84. The summed E-state index contributed by atoms with van der Waals surface area (Å²) in [6, 6.07) is 6.58. The molecule has 7 heteroatoms. The lowest BCUT2D eigenvalue weighted by molar-refractivity contribution is 0.137. The van der Waals surface area contributed by atoms with Crippen LogP contribution in [-0.2, 0) is 23.1 Å². The second-order valence-electron chi connectivity index (χ2n) is 4.94. The molecular formula is C15H22O5SSi. The standard InChI is InChI=1S/C15H22O5SSi/c1-12(2)11-15(22(18-4,19-5)20-6)21(16,17)14-9-7-13(3)8-10-14/h7-10H,1-6H3. The van der Waals surface area contributed by atoms with E-state index in [2.05, 4.69) is 5.73 Å². The minimum Gasteiger partial charge on any atom is -0.373 e. The molecule has 1 aromatic carbocycles. The van der Waals surface area contributed by atoms with Gasteiger partial charge in [0.2, 0.25) is 9.84 Å². The Morgan fingerprint density at radius 3 is 1.82 bits per heavy atom. The Hall–Kier alpha value is -1.21.